The lowest BCUT2D eigenvalue weighted by Crippen LogP contribution is -2.50. The number of carbonyl (C=O) groups excluding carboxylic acids is 1. The summed E-state index contributed by atoms with van der Waals surface area (Å²) in [6.45, 7) is 7.91. The predicted molar refractivity (Wildman–Crippen MR) is 116 cm³/mol. The number of nitrogens with one attached hydrogen (secondary N) is 2. The summed E-state index contributed by atoms with van der Waals surface area (Å²) in [4.78, 5) is 16.4. The first kappa shape index (κ1) is 20.1. The fourth-order valence-electron chi connectivity index (χ4n) is 4.16. The predicted octanol–water partition coefficient (Wildman–Crippen LogP) is 4.21. The van der Waals surface area contributed by atoms with Gasteiger partial charge in [0.25, 0.3) is 5.91 Å². The molecule has 2 aromatic carbocycles. The highest BCUT2D eigenvalue weighted by molar-refractivity contribution is 5.86. The van der Waals surface area contributed by atoms with Crippen LogP contribution in [0.25, 0.3) is 10.9 Å². The van der Waals surface area contributed by atoms with Crippen molar-refractivity contribution in [3.05, 3.63) is 52.2 Å². The molecule has 0 radical (unpaired) electrons. The molecule has 0 unspecified atom stereocenters. The van der Waals surface area contributed by atoms with Gasteiger partial charge in [0, 0.05) is 28.6 Å². The second-order valence-corrected chi connectivity index (χ2v) is 8.29. The van der Waals surface area contributed by atoms with E-state index in [0.29, 0.717) is 25.1 Å². The van der Waals surface area contributed by atoms with Crippen LogP contribution in [0.5, 0.6) is 17.2 Å². The van der Waals surface area contributed by atoms with Gasteiger partial charge < -0.3 is 24.9 Å². The molecule has 2 heterocycles. The monoisotopic (exact) mass is 408 g/mol. The molecule has 6 heteroatoms. The Morgan fingerprint density at radius 2 is 2.00 bits per heavy atom. The molecular weight excluding hydrogens is 380 g/mol. The van der Waals surface area contributed by atoms with E-state index in [1.54, 1.807) is 7.11 Å². The van der Waals surface area contributed by atoms with Gasteiger partial charge >= 0.3 is 0 Å². The van der Waals surface area contributed by atoms with Crippen LogP contribution >= 0.6 is 0 Å². The van der Waals surface area contributed by atoms with Gasteiger partial charge in [0.2, 0.25) is 0 Å². The molecule has 0 aliphatic carbocycles. The third-order valence-corrected chi connectivity index (χ3v) is 6.32. The largest absolute Gasteiger partial charge is 0.507 e. The van der Waals surface area contributed by atoms with Gasteiger partial charge in [0.15, 0.2) is 5.60 Å². The highest BCUT2D eigenvalue weighted by Gasteiger charge is 2.40. The zero-order valence-electron chi connectivity index (χ0n) is 18.1. The first-order chi connectivity index (χ1) is 14.2. The Kier molecular flexibility index (Phi) is 4.88. The van der Waals surface area contributed by atoms with E-state index in [2.05, 4.69) is 10.3 Å². The Labute approximate surface area is 176 Å². The molecule has 1 atom stereocenters. The van der Waals surface area contributed by atoms with Crippen molar-refractivity contribution in [2.45, 2.75) is 52.7 Å². The quantitative estimate of drug-likeness (QED) is 0.604. The summed E-state index contributed by atoms with van der Waals surface area (Å²) in [7, 11) is 1.64. The lowest BCUT2D eigenvalue weighted by Gasteiger charge is -2.36. The van der Waals surface area contributed by atoms with Gasteiger partial charge in [0.05, 0.1) is 13.7 Å². The number of phenolic OH excluding ortho intramolecular Hbond substituents is 1. The number of benzene rings is 2. The maximum atomic E-state index is 13.0. The molecule has 0 bridgehead atoms. The van der Waals surface area contributed by atoms with Crippen LogP contribution in [0.2, 0.25) is 0 Å². The minimum atomic E-state index is -0.956. The Balaban J connectivity index is 1.52. The number of rotatable bonds is 4. The van der Waals surface area contributed by atoms with E-state index in [-0.39, 0.29) is 5.91 Å². The molecule has 0 fully saturated rings. The van der Waals surface area contributed by atoms with Gasteiger partial charge in [0.1, 0.15) is 17.2 Å². The van der Waals surface area contributed by atoms with E-state index in [4.69, 9.17) is 9.47 Å². The summed E-state index contributed by atoms with van der Waals surface area (Å²) in [5.74, 6) is 1.70. The van der Waals surface area contributed by atoms with Crippen molar-refractivity contribution in [3.8, 4) is 17.2 Å². The van der Waals surface area contributed by atoms with Gasteiger partial charge in [-0.25, -0.2) is 0 Å². The number of amides is 1. The molecule has 1 aliphatic rings. The number of carbonyl (C=O) groups is 1. The Morgan fingerprint density at radius 1 is 1.23 bits per heavy atom. The Morgan fingerprint density at radius 3 is 2.73 bits per heavy atom. The average molecular weight is 408 g/mol. The molecule has 1 aliphatic heterocycles. The summed E-state index contributed by atoms with van der Waals surface area (Å²) in [6.07, 6.45) is 1.24. The molecule has 30 heavy (non-hydrogen) atoms. The zero-order valence-corrected chi connectivity index (χ0v) is 18.1. The molecule has 3 aromatic rings. The molecule has 3 N–H and O–H groups in total. The number of aromatic nitrogens is 1. The van der Waals surface area contributed by atoms with Crippen molar-refractivity contribution < 1.29 is 19.4 Å². The smallest absolute Gasteiger partial charge is 0.264 e. The molecule has 1 amide bonds. The Bertz CT molecular complexity index is 1150. The number of fused-ring (bicyclic) bond motifs is 2. The van der Waals surface area contributed by atoms with Gasteiger partial charge in [-0.05, 0) is 75.1 Å². The second kappa shape index (κ2) is 7.27. The van der Waals surface area contributed by atoms with E-state index in [0.717, 1.165) is 50.3 Å². The highest BCUT2D eigenvalue weighted by atomic mass is 16.5. The maximum Gasteiger partial charge on any atom is 0.264 e. The summed E-state index contributed by atoms with van der Waals surface area (Å²) >= 11 is 0. The summed E-state index contributed by atoms with van der Waals surface area (Å²) in [5.41, 5.74) is 4.47. The number of methoxy groups -OCH3 is 1. The lowest BCUT2D eigenvalue weighted by molar-refractivity contribution is -0.137. The number of phenols is 1. The average Bonchev–Trinajstić information content (AvgIpc) is 3.16. The van der Waals surface area contributed by atoms with Gasteiger partial charge in [-0.3, -0.25) is 4.79 Å². The number of aromatic hydroxyl groups is 1. The van der Waals surface area contributed by atoms with Crippen LogP contribution in [0.1, 0.15) is 41.3 Å². The second-order valence-electron chi connectivity index (χ2n) is 8.29. The topological polar surface area (TPSA) is 83.6 Å². The van der Waals surface area contributed by atoms with E-state index in [1.807, 2.05) is 52.0 Å². The fourth-order valence-corrected chi connectivity index (χ4v) is 4.16. The third kappa shape index (κ3) is 3.26. The van der Waals surface area contributed by atoms with Crippen LogP contribution in [0, 0.1) is 20.8 Å². The molecule has 0 saturated carbocycles. The van der Waals surface area contributed by atoms with E-state index in [1.165, 1.54) is 0 Å². The molecule has 6 nitrogen and oxygen atoms in total. The summed E-state index contributed by atoms with van der Waals surface area (Å²) < 4.78 is 11.5. The maximum absolute atomic E-state index is 13.0. The number of ether oxygens (including phenoxy) is 2. The van der Waals surface area contributed by atoms with Crippen molar-refractivity contribution >= 4 is 16.8 Å². The van der Waals surface area contributed by atoms with Crippen molar-refractivity contribution in [2.75, 3.05) is 7.11 Å². The van der Waals surface area contributed by atoms with Crippen molar-refractivity contribution in [2.24, 2.45) is 0 Å². The fraction of sp³-hybridized carbons (Fsp3) is 0.375. The third-order valence-electron chi connectivity index (χ3n) is 6.32. The summed E-state index contributed by atoms with van der Waals surface area (Å²) in [6, 6.07) is 7.84. The SMILES string of the molecule is COc1ccc2[nH]c(CNC(=O)[C@]3(C)CCc4c(C)c(O)c(C)c(C)c4O3)cc2c1. The molecule has 0 saturated heterocycles. The van der Waals surface area contributed by atoms with E-state index in [9.17, 15) is 9.90 Å². The first-order valence-electron chi connectivity index (χ1n) is 10.2. The molecular formula is C24H28N2O4. The lowest BCUT2D eigenvalue weighted by atomic mass is 9.86. The van der Waals surface area contributed by atoms with Crippen molar-refractivity contribution in [3.63, 3.8) is 0 Å². The summed E-state index contributed by atoms with van der Waals surface area (Å²) in [5, 5.41) is 14.4. The standard InChI is InChI=1S/C24H28N2O4/c1-13-14(2)22-19(15(3)21(13)27)8-9-24(4,30-22)23(28)25-12-17-10-16-11-18(29-5)6-7-20(16)26-17/h6-7,10-11,26-27H,8-9,12H2,1-5H3,(H,25,28)/t24-/m0/s1. The van der Waals surface area contributed by atoms with Crippen molar-refractivity contribution in [1.82, 2.24) is 10.3 Å². The minimum Gasteiger partial charge on any atom is -0.507 e. The van der Waals surface area contributed by atoms with Crippen LogP contribution in [-0.4, -0.2) is 28.7 Å². The molecule has 0 spiro atoms. The van der Waals surface area contributed by atoms with Crippen LogP contribution in [0.15, 0.2) is 24.3 Å². The van der Waals surface area contributed by atoms with E-state index >= 15 is 0 Å². The normalized spacial score (nSPS) is 18.0. The highest BCUT2D eigenvalue weighted by Crippen LogP contribution is 2.43. The van der Waals surface area contributed by atoms with E-state index < -0.39 is 5.60 Å². The van der Waals surface area contributed by atoms with Crippen LogP contribution in [0.3, 0.4) is 0 Å². The van der Waals surface area contributed by atoms with Crippen LogP contribution in [0.4, 0.5) is 0 Å². The van der Waals surface area contributed by atoms with Crippen molar-refractivity contribution in [1.29, 1.82) is 0 Å². The molecule has 158 valence electrons. The number of hydrogen-bond acceptors (Lipinski definition) is 4. The number of hydrogen-bond donors (Lipinski definition) is 3. The van der Waals surface area contributed by atoms with Crippen LogP contribution < -0.4 is 14.8 Å². The number of aromatic amines is 1. The zero-order chi connectivity index (χ0) is 21.6. The van der Waals surface area contributed by atoms with Gasteiger partial charge in [-0.2, -0.15) is 0 Å². The molecule has 1 aromatic heterocycles. The Hall–Kier alpha value is -3.15. The molecule has 4 rings (SSSR count). The first-order valence-corrected chi connectivity index (χ1v) is 10.2. The minimum absolute atomic E-state index is 0.146. The number of H-pyrrole nitrogens is 1. The van der Waals surface area contributed by atoms with Gasteiger partial charge in [-0.15, -0.1) is 0 Å². The van der Waals surface area contributed by atoms with Gasteiger partial charge in [-0.1, -0.05) is 0 Å². The van der Waals surface area contributed by atoms with Crippen LogP contribution in [-0.2, 0) is 17.8 Å².